The van der Waals surface area contributed by atoms with Crippen LogP contribution in [0, 0.1) is 0 Å². The summed E-state index contributed by atoms with van der Waals surface area (Å²) in [5.74, 6) is 0. The largest absolute Gasteiger partial charge is 0.311 e. The van der Waals surface area contributed by atoms with Crippen molar-refractivity contribution in [3.8, 4) is 33.6 Å². The highest BCUT2D eigenvalue weighted by Crippen LogP contribution is 2.37. The number of nitrogens with zero attached hydrogens (tertiary/aromatic N) is 4. The van der Waals surface area contributed by atoms with Crippen molar-refractivity contribution >= 4 is 34.1 Å². The number of rotatable bonds is 9. The van der Waals surface area contributed by atoms with E-state index in [1.54, 1.807) is 0 Å². The molecule has 0 aliphatic carbocycles. The van der Waals surface area contributed by atoms with E-state index in [9.17, 15) is 0 Å². The van der Waals surface area contributed by atoms with Gasteiger partial charge in [-0.1, -0.05) is 109 Å². The average Bonchev–Trinajstić information content (AvgIpc) is 3.21. The molecule has 4 heteroatoms. The first-order valence-corrected chi connectivity index (χ1v) is 16.7. The second-order valence-corrected chi connectivity index (χ2v) is 12.0. The summed E-state index contributed by atoms with van der Waals surface area (Å²) in [7, 11) is 0. The highest BCUT2D eigenvalue weighted by molar-refractivity contribution is 5.79. The quantitative estimate of drug-likeness (QED) is 0.157. The van der Waals surface area contributed by atoms with Gasteiger partial charge in [-0.15, -0.1) is 0 Å². The summed E-state index contributed by atoms with van der Waals surface area (Å²) in [5.41, 5.74) is 12.7. The molecule has 0 atom stereocenters. The number of anilines is 6. The normalized spacial score (nSPS) is 10.8. The molecule has 0 bridgehead atoms. The third-order valence-electron chi connectivity index (χ3n) is 8.76. The topological polar surface area (TPSA) is 32.3 Å². The molecule has 0 aliphatic rings. The Kier molecular flexibility index (Phi) is 8.64. The lowest BCUT2D eigenvalue weighted by atomic mass is 10.0. The first-order chi connectivity index (χ1) is 24.8. The molecule has 0 unspecified atom stereocenters. The number of aromatic nitrogens is 2. The predicted molar refractivity (Wildman–Crippen MR) is 208 cm³/mol. The predicted octanol–water partition coefficient (Wildman–Crippen LogP) is 12.4. The zero-order valence-electron chi connectivity index (χ0n) is 27.4. The van der Waals surface area contributed by atoms with Crippen LogP contribution in [0.4, 0.5) is 34.1 Å². The van der Waals surface area contributed by atoms with Crippen LogP contribution in [0.3, 0.4) is 0 Å². The molecule has 0 saturated heterocycles. The lowest BCUT2D eigenvalue weighted by Crippen LogP contribution is -2.09. The van der Waals surface area contributed by atoms with Crippen LogP contribution in [0.15, 0.2) is 207 Å². The molecule has 0 N–H and O–H groups in total. The fraction of sp³-hybridized carbons (Fsp3) is 0. The summed E-state index contributed by atoms with van der Waals surface area (Å²) < 4.78 is 0. The summed E-state index contributed by atoms with van der Waals surface area (Å²) in [4.78, 5) is 14.2. The molecule has 238 valence electrons. The third kappa shape index (κ3) is 6.51. The fourth-order valence-electron chi connectivity index (χ4n) is 6.24. The van der Waals surface area contributed by atoms with Crippen LogP contribution in [0.1, 0.15) is 0 Å². The molecule has 2 heterocycles. The molecule has 8 aromatic rings. The van der Waals surface area contributed by atoms with Gasteiger partial charge in [-0.05, 0) is 84.9 Å². The lowest BCUT2D eigenvalue weighted by Gasteiger charge is -2.25. The van der Waals surface area contributed by atoms with Crippen molar-refractivity contribution in [3.05, 3.63) is 207 Å². The summed E-state index contributed by atoms with van der Waals surface area (Å²) >= 11 is 0. The molecular weight excluding hydrogens is 609 g/mol. The number of benzene rings is 6. The van der Waals surface area contributed by atoms with Crippen molar-refractivity contribution in [3.63, 3.8) is 0 Å². The van der Waals surface area contributed by atoms with Crippen LogP contribution in [0.25, 0.3) is 33.6 Å². The van der Waals surface area contributed by atoms with Crippen molar-refractivity contribution in [2.75, 3.05) is 9.80 Å². The molecule has 0 saturated carbocycles. The van der Waals surface area contributed by atoms with Crippen molar-refractivity contribution in [2.24, 2.45) is 0 Å². The van der Waals surface area contributed by atoms with E-state index in [1.807, 2.05) is 36.7 Å². The fourth-order valence-corrected chi connectivity index (χ4v) is 6.24. The Morgan fingerprint density at radius 3 is 0.760 bits per heavy atom. The van der Waals surface area contributed by atoms with Crippen molar-refractivity contribution in [1.82, 2.24) is 9.97 Å². The highest BCUT2D eigenvalue weighted by Gasteiger charge is 2.14. The maximum atomic E-state index is 4.83. The molecule has 0 spiro atoms. The summed E-state index contributed by atoms with van der Waals surface area (Å²) in [6.45, 7) is 0. The van der Waals surface area contributed by atoms with Gasteiger partial charge in [0.15, 0.2) is 0 Å². The molecule has 0 radical (unpaired) electrons. The SMILES string of the molecule is c1ccc(N(c2ccccc2)c2ccc(-c3ccc(-c4ccc(-c5ccc(N(c6ccccc6)c6ccccc6)cc5)nc4)cn3)cc2)cc1. The van der Waals surface area contributed by atoms with Gasteiger partial charge in [-0.25, -0.2) is 0 Å². The van der Waals surface area contributed by atoms with Gasteiger partial charge in [0.25, 0.3) is 0 Å². The van der Waals surface area contributed by atoms with Gasteiger partial charge in [-0.2, -0.15) is 0 Å². The van der Waals surface area contributed by atoms with E-state index in [0.29, 0.717) is 0 Å². The smallest absolute Gasteiger partial charge is 0.0702 e. The number of hydrogen-bond acceptors (Lipinski definition) is 4. The van der Waals surface area contributed by atoms with E-state index in [-0.39, 0.29) is 0 Å². The van der Waals surface area contributed by atoms with Crippen LogP contribution >= 0.6 is 0 Å². The van der Waals surface area contributed by atoms with E-state index < -0.39 is 0 Å². The number of hydrogen-bond donors (Lipinski definition) is 0. The van der Waals surface area contributed by atoms with Gasteiger partial charge in [0.05, 0.1) is 11.4 Å². The van der Waals surface area contributed by atoms with Gasteiger partial charge in [-0.3, -0.25) is 9.97 Å². The Hall–Kier alpha value is -6.78. The first kappa shape index (κ1) is 30.5. The average molecular weight is 643 g/mol. The standard InChI is InChI=1S/C46H34N4/c1-5-13-39(14-6-1)49(40-15-7-2-8-16-40)43-27-21-35(22-28-43)45-31-25-37(33-47-45)38-26-32-46(48-34-38)36-23-29-44(30-24-36)50(41-17-9-3-10-18-41)42-19-11-4-12-20-42/h1-34H. The molecule has 8 rings (SSSR count). The molecular formula is C46H34N4. The van der Waals surface area contributed by atoms with Gasteiger partial charge < -0.3 is 9.80 Å². The lowest BCUT2D eigenvalue weighted by molar-refractivity contribution is 1.27. The van der Waals surface area contributed by atoms with Gasteiger partial charge in [0.1, 0.15) is 0 Å². The Balaban J connectivity index is 0.986. The molecule has 0 aliphatic heterocycles. The second-order valence-electron chi connectivity index (χ2n) is 12.0. The molecule has 6 aromatic carbocycles. The summed E-state index contributed by atoms with van der Waals surface area (Å²) in [5, 5.41) is 0. The summed E-state index contributed by atoms with van der Waals surface area (Å²) in [6, 6.07) is 67.3. The van der Waals surface area contributed by atoms with E-state index in [4.69, 9.17) is 9.97 Å². The van der Waals surface area contributed by atoms with Gasteiger partial charge >= 0.3 is 0 Å². The monoisotopic (exact) mass is 642 g/mol. The van der Waals surface area contributed by atoms with Crippen LogP contribution in [0.5, 0.6) is 0 Å². The van der Waals surface area contributed by atoms with E-state index in [0.717, 1.165) is 67.8 Å². The summed E-state index contributed by atoms with van der Waals surface area (Å²) in [6.07, 6.45) is 3.85. The Bertz CT molecular complexity index is 2010. The minimum atomic E-state index is 0.927. The maximum Gasteiger partial charge on any atom is 0.0702 e. The Morgan fingerprint density at radius 1 is 0.240 bits per heavy atom. The van der Waals surface area contributed by atoms with Gasteiger partial charge in [0, 0.05) is 68.8 Å². The van der Waals surface area contributed by atoms with Crippen molar-refractivity contribution in [1.29, 1.82) is 0 Å². The van der Waals surface area contributed by atoms with E-state index >= 15 is 0 Å². The molecule has 4 nitrogen and oxygen atoms in total. The molecule has 50 heavy (non-hydrogen) atoms. The number of pyridine rings is 2. The van der Waals surface area contributed by atoms with Crippen molar-refractivity contribution < 1.29 is 0 Å². The van der Waals surface area contributed by atoms with Crippen LogP contribution in [-0.2, 0) is 0 Å². The molecule has 2 aromatic heterocycles. The number of para-hydroxylation sites is 4. The zero-order chi connectivity index (χ0) is 33.5. The zero-order valence-corrected chi connectivity index (χ0v) is 27.4. The minimum absolute atomic E-state index is 0.927. The third-order valence-corrected chi connectivity index (χ3v) is 8.76. The van der Waals surface area contributed by atoms with Crippen LogP contribution < -0.4 is 9.80 Å². The second kappa shape index (κ2) is 14.1. The van der Waals surface area contributed by atoms with Crippen LogP contribution in [-0.4, -0.2) is 9.97 Å². The van der Waals surface area contributed by atoms with Crippen LogP contribution in [0.2, 0.25) is 0 Å². The van der Waals surface area contributed by atoms with Gasteiger partial charge in [0.2, 0.25) is 0 Å². The van der Waals surface area contributed by atoms with E-state index in [1.165, 1.54) is 0 Å². The minimum Gasteiger partial charge on any atom is -0.311 e. The Labute approximate surface area is 293 Å². The maximum absolute atomic E-state index is 4.83. The molecule has 0 fully saturated rings. The van der Waals surface area contributed by atoms with E-state index in [2.05, 4.69) is 180 Å². The van der Waals surface area contributed by atoms with Crippen molar-refractivity contribution in [2.45, 2.75) is 0 Å². The highest BCUT2D eigenvalue weighted by atomic mass is 15.1. The Morgan fingerprint density at radius 2 is 0.500 bits per heavy atom. The first-order valence-electron chi connectivity index (χ1n) is 16.7. The molecule has 0 amide bonds.